The van der Waals surface area contributed by atoms with Gasteiger partial charge in [0.15, 0.2) is 0 Å². The highest BCUT2D eigenvalue weighted by Crippen LogP contribution is 1.59. The van der Waals surface area contributed by atoms with Gasteiger partial charge in [-0.05, 0) is 0 Å². The Kier molecular flexibility index (Phi) is 76.2. The van der Waals surface area contributed by atoms with E-state index in [9.17, 15) is 0 Å². The standard InChI is InChI=1S/Mg.H2O4S.4H2O.2H/c;1-5(2,3)4;;;;;;/h;(H2,1,2,3,4);4*1H2;;. The van der Waals surface area contributed by atoms with Gasteiger partial charge in [0.2, 0.25) is 0 Å². The summed E-state index contributed by atoms with van der Waals surface area (Å²) in [6.45, 7) is 0. The minimum atomic E-state index is -4.67. The van der Waals surface area contributed by atoms with Crippen LogP contribution in [0.4, 0.5) is 0 Å². The van der Waals surface area contributed by atoms with Crippen LogP contribution in [0.15, 0.2) is 0 Å². The zero-order valence-electron chi connectivity index (χ0n) is 4.12. The molecule has 0 bridgehead atoms. The van der Waals surface area contributed by atoms with Crippen molar-refractivity contribution in [1.82, 2.24) is 0 Å². The van der Waals surface area contributed by atoms with E-state index in [0.717, 1.165) is 0 Å². The van der Waals surface area contributed by atoms with Crippen molar-refractivity contribution in [3.05, 3.63) is 0 Å². The Morgan fingerprint density at radius 3 is 0.800 bits per heavy atom. The van der Waals surface area contributed by atoms with Gasteiger partial charge in [-0.3, -0.25) is 9.11 Å². The maximum Gasteiger partial charge on any atom is 0.394 e. The molecular weight excluding hydrogens is 184 g/mol. The van der Waals surface area contributed by atoms with Crippen LogP contribution in [-0.4, -0.2) is 62.5 Å². The van der Waals surface area contributed by atoms with E-state index in [1.165, 1.54) is 0 Å². The first-order chi connectivity index (χ1) is 2.00. The van der Waals surface area contributed by atoms with E-state index >= 15 is 0 Å². The summed E-state index contributed by atoms with van der Waals surface area (Å²) in [4.78, 5) is 0. The highest BCUT2D eigenvalue weighted by Gasteiger charge is 1.84. The van der Waals surface area contributed by atoms with E-state index in [1.54, 1.807) is 0 Å². The molecule has 0 atom stereocenters. The first-order valence-electron chi connectivity index (χ1n) is 0.698. The molecule has 10 heavy (non-hydrogen) atoms. The average Bonchev–Trinajstić information content (AvgIpc) is 0.722. The second-order valence-corrected chi connectivity index (χ2v) is 1.34. The summed E-state index contributed by atoms with van der Waals surface area (Å²) in [6, 6.07) is 0. The van der Waals surface area contributed by atoms with Crippen molar-refractivity contribution in [2.24, 2.45) is 0 Å². The van der Waals surface area contributed by atoms with Crippen LogP contribution in [-0.2, 0) is 10.4 Å². The molecule has 0 aromatic heterocycles. The smallest absolute Gasteiger partial charge is 0.394 e. The van der Waals surface area contributed by atoms with Crippen LogP contribution in [0.25, 0.3) is 0 Å². The van der Waals surface area contributed by atoms with Gasteiger partial charge < -0.3 is 21.9 Å². The van der Waals surface area contributed by atoms with Gasteiger partial charge in [0.05, 0.1) is 0 Å². The van der Waals surface area contributed by atoms with Crippen molar-refractivity contribution in [1.29, 1.82) is 0 Å². The van der Waals surface area contributed by atoms with Crippen LogP contribution >= 0.6 is 0 Å². The molecule has 8 nitrogen and oxygen atoms in total. The van der Waals surface area contributed by atoms with E-state index in [0.29, 0.717) is 0 Å². The van der Waals surface area contributed by atoms with Gasteiger partial charge >= 0.3 is 33.5 Å². The van der Waals surface area contributed by atoms with Crippen LogP contribution in [0.5, 0.6) is 0 Å². The fourth-order valence-electron chi connectivity index (χ4n) is 0. The summed E-state index contributed by atoms with van der Waals surface area (Å²) in [6.07, 6.45) is 0. The van der Waals surface area contributed by atoms with Crippen molar-refractivity contribution >= 4 is 33.5 Å². The van der Waals surface area contributed by atoms with Crippen molar-refractivity contribution < 1.29 is 39.4 Å². The molecule has 0 aliphatic rings. The third-order valence-corrected chi connectivity index (χ3v) is 0. The molecule has 0 fully saturated rings. The molecule has 68 valence electrons. The summed E-state index contributed by atoms with van der Waals surface area (Å²) < 4.78 is 31.6. The SMILES string of the molecule is O.O.O.O.O=S(=O)(O)O.[MgH2]. The Bertz CT molecular complexity index is 92.4. The Labute approximate surface area is 73.2 Å². The number of hydrogen-bond acceptors (Lipinski definition) is 2. The minimum Gasteiger partial charge on any atom is -0.412 e. The van der Waals surface area contributed by atoms with E-state index < -0.39 is 10.4 Å². The van der Waals surface area contributed by atoms with Crippen molar-refractivity contribution in [3.63, 3.8) is 0 Å². The van der Waals surface area contributed by atoms with Crippen LogP contribution in [0.3, 0.4) is 0 Å². The van der Waals surface area contributed by atoms with Gasteiger partial charge in [0.1, 0.15) is 0 Å². The van der Waals surface area contributed by atoms with Crippen molar-refractivity contribution in [2.75, 3.05) is 0 Å². The molecule has 10 heteroatoms. The van der Waals surface area contributed by atoms with Gasteiger partial charge in [-0.25, -0.2) is 0 Å². The van der Waals surface area contributed by atoms with Gasteiger partial charge in [0.25, 0.3) is 0 Å². The summed E-state index contributed by atoms with van der Waals surface area (Å²) in [7, 11) is -4.67. The Balaban J connectivity index is -0.00000000800. The lowest BCUT2D eigenvalue weighted by Gasteiger charge is -1.68. The lowest BCUT2D eigenvalue weighted by Crippen LogP contribution is -1.89. The third-order valence-electron chi connectivity index (χ3n) is 0. The molecule has 10 N–H and O–H groups in total. The molecule has 0 unspecified atom stereocenters. The molecule has 0 amide bonds. The summed E-state index contributed by atoms with van der Waals surface area (Å²) in [5, 5.41) is 0. The summed E-state index contributed by atoms with van der Waals surface area (Å²) in [5.74, 6) is 0. The van der Waals surface area contributed by atoms with Crippen molar-refractivity contribution in [3.8, 4) is 0 Å². The van der Waals surface area contributed by atoms with E-state index in [4.69, 9.17) is 17.5 Å². The molecule has 0 radical (unpaired) electrons. The fourth-order valence-corrected chi connectivity index (χ4v) is 0. The molecule has 0 spiro atoms. The van der Waals surface area contributed by atoms with Gasteiger partial charge in [-0.15, -0.1) is 0 Å². The molecule has 0 aromatic rings. The maximum atomic E-state index is 8.74. The predicted octanol–water partition coefficient (Wildman–Crippen LogP) is -4.87. The second-order valence-electron chi connectivity index (χ2n) is 0.448. The van der Waals surface area contributed by atoms with Crippen molar-refractivity contribution in [2.45, 2.75) is 0 Å². The Morgan fingerprint density at radius 2 is 0.800 bits per heavy atom. The van der Waals surface area contributed by atoms with E-state index in [-0.39, 0.29) is 45.0 Å². The minimum absolute atomic E-state index is 0. The largest absolute Gasteiger partial charge is 0.412 e. The number of rotatable bonds is 0. The fraction of sp³-hybridized carbons (Fsp3) is 0. The molecule has 0 aromatic carbocycles. The molecule has 0 rings (SSSR count). The Hall–Kier alpha value is 0.476. The summed E-state index contributed by atoms with van der Waals surface area (Å²) >= 11 is 0. The highest BCUT2D eigenvalue weighted by atomic mass is 32.3. The van der Waals surface area contributed by atoms with Crippen LogP contribution in [0.2, 0.25) is 0 Å². The second kappa shape index (κ2) is 16.2. The maximum absolute atomic E-state index is 8.74. The topological polar surface area (TPSA) is 201 Å². The lowest BCUT2D eigenvalue weighted by atomic mass is 15.8. The first-order valence-corrected chi connectivity index (χ1v) is 2.10. The molecule has 0 saturated heterocycles. The molecular formula is H12MgO8S. The van der Waals surface area contributed by atoms with Crippen LogP contribution in [0, 0.1) is 0 Å². The highest BCUT2D eigenvalue weighted by molar-refractivity contribution is 7.79. The molecule has 0 aliphatic heterocycles. The average molecular weight is 196 g/mol. The normalized spacial score (nSPS) is 5.80. The number of hydrogen-bond donors (Lipinski definition) is 2. The first kappa shape index (κ1) is 47.0. The quantitative estimate of drug-likeness (QED) is 0.289. The van der Waals surface area contributed by atoms with Gasteiger partial charge in [-0.2, -0.15) is 8.42 Å². The van der Waals surface area contributed by atoms with E-state index in [2.05, 4.69) is 0 Å². The van der Waals surface area contributed by atoms with Gasteiger partial charge in [0, 0.05) is 0 Å². The van der Waals surface area contributed by atoms with E-state index in [1.807, 2.05) is 0 Å². The Morgan fingerprint density at radius 1 is 0.800 bits per heavy atom. The van der Waals surface area contributed by atoms with Gasteiger partial charge in [-0.1, -0.05) is 0 Å². The third kappa shape index (κ3) is 2090. The van der Waals surface area contributed by atoms with Crippen LogP contribution in [0.1, 0.15) is 0 Å². The van der Waals surface area contributed by atoms with Crippen LogP contribution < -0.4 is 0 Å². The lowest BCUT2D eigenvalue weighted by molar-refractivity contribution is 0.381. The molecule has 0 aliphatic carbocycles. The zero-order valence-corrected chi connectivity index (χ0v) is 4.94. The monoisotopic (exact) mass is 196 g/mol. The predicted molar refractivity (Wildman–Crippen MR) is 37.2 cm³/mol. The molecule has 0 heterocycles. The molecule has 0 saturated carbocycles. The summed E-state index contributed by atoms with van der Waals surface area (Å²) in [5.41, 5.74) is 0. The zero-order chi connectivity index (χ0) is 4.50.